The summed E-state index contributed by atoms with van der Waals surface area (Å²) < 4.78 is 11.4. The lowest BCUT2D eigenvalue weighted by molar-refractivity contribution is -0.153. The largest absolute Gasteiger partial charge is 0.487 e. The van der Waals surface area contributed by atoms with Gasteiger partial charge in [0.15, 0.2) is 6.10 Å². The molecule has 2 aromatic rings. The van der Waals surface area contributed by atoms with Crippen LogP contribution in [0.25, 0.3) is 0 Å². The minimum absolute atomic E-state index is 0.230. The molecule has 0 heterocycles. The van der Waals surface area contributed by atoms with Crippen molar-refractivity contribution in [2.45, 2.75) is 26.6 Å². The molecule has 0 spiro atoms. The topological polar surface area (TPSA) is 55.8 Å². The number of hydrogen-bond donors (Lipinski definition) is 1. The van der Waals surface area contributed by atoms with Crippen LogP contribution in [-0.4, -0.2) is 17.7 Å². The lowest BCUT2D eigenvalue weighted by atomic mass is 10.1. The van der Waals surface area contributed by atoms with Crippen LogP contribution in [0.2, 0.25) is 0 Å². The van der Waals surface area contributed by atoms with E-state index in [1.165, 1.54) is 0 Å². The average Bonchev–Trinajstić information content (AvgIpc) is 2.54. The molecule has 4 nitrogen and oxygen atoms in total. The van der Waals surface area contributed by atoms with E-state index in [2.05, 4.69) is 15.9 Å². The van der Waals surface area contributed by atoms with Crippen LogP contribution in [0.1, 0.15) is 29.7 Å². The molecule has 1 N–H and O–H groups in total. The molecule has 0 amide bonds. The van der Waals surface area contributed by atoms with Gasteiger partial charge in [0.05, 0.1) is 11.1 Å². The molecule has 5 heteroatoms. The van der Waals surface area contributed by atoms with Gasteiger partial charge in [-0.15, -0.1) is 0 Å². The molecule has 0 aliphatic carbocycles. The molecule has 1 atom stereocenters. The van der Waals surface area contributed by atoms with E-state index in [0.717, 1.165) is 11.1 Å². The van der Waals surface area contributed by atoms with E-state index in [1.54, 1.807) is 19.1 Å². The van der Waals surface area contributed by atoms with Crippen LogP contribution in [0.3, 0.4) is 0 Å². The van der Waals surface area contributed by atoms with E-state index < -0.39 is 12.1 Å². The van der Waals surface area contributed by atoms with Crippen molar-refractivity contribution < 1.29 is 19.4 Å². The number of aryl methyl sites for hydroxylation is 1. The number of halogens is 1. The van der Waals surface area contributed by atoms with Gasteiger partial charge in [0.2, 0.25) is 0 Å². The Labute approximate surface area is 144 Å². The number of carbonyl (C=O) groups excluding carboxylic acids is 1. The van der Waals surface area contributed by atoms with Crippen molar-refractivity contribution in [1.82, 2.24) is 0 Å². The van der Waals surface area contributed by atoms with E-state index in [-0.39, 0.29) is 6.61 Å². The Kier molecular flexibility index (Phi) is 6.19. The van der Waals surface area contributed by atoms with Crippen LogP contribution in [0, 0.1) is 6.92 Å². The first-order chi connectivity index (χ1) is 11.0. The maximum Gasteiger partial charge on any atom is 0.339 e. The van der Waals surface area contributed by atoms with Crippen molar-refractivity contribution in [1.29, 1.82) is 0 Å². The number of esters is 1. The van der Waals surface area contributed by atoms with Gasteiger partial charge >= 0.3 is 5.97 Å². The number of rotatable bonds is 6. The van der Waals surface area contributed by atoms with Crippen LogP contribution < -0.4 is 4.74 Å². The third-order valence-corrected chi connectivity index (χ3v) is 3.89. The van der Waals surface area contributed by atoms with Gasteiger partial charge in [0, 0.05) is 0 Å². The molecule has 0 fully saturated rings. The maximum absolute atomic E-state index is 11.6. The fourth-order valence-electron chi connectivity index (χ4n) is 2.19. The number of hydrogen-bond acceptors (Lipinski definition) is 4. The van der Waals surface area contributed by atoms with Crippen LogP contribution in [0.5, 0.6) is 5.75 Å². The van der Waals surface area contributed by atoms with Crippen molar-refractivity contribution in [3.05, 3.63) is 63.6 Å². The second kappa shape index (κ2) is 8.13. The van der Waals surface area contributed by atoms with Crippen molar-refractivity contribution in [2.75, 3.05) is 6.61 Å². The first kappa shape index (κ1) is 17.5. The zero-order valence-corrected chi connectivity index (χ0v) is 14.7. The van der Waals surface area contributed by atoms with Crippen LogP contribution >= 0.6 is 15.9 Å². The summed E-state index contributed by atoms with van der Waals surface area (Å²) in [6.07, 6.45) is -1.30. The maximum atomic E-state index is 11.6. The molecule has 1 unspecified atom stereocenters. The lowest BCUT2D eigenvalue weighted by Crippen LogP contribution is -2.15. The Morgan fingerprint density at radius 1 is 1.26 bits per heavy atom. The minimum Gasteiger partial charge on any atom is -0.487 e. The second-order valence-corrected chi connectivity index (χ2v) is 5.93. The van der Waals surface area contributed by atoms with Gasteiger partial charge in [-0.1, -0.05) is 30.3 Å². The smallest absolute Gasteiger partial charge is 0.339 e. The second-order valence-electron chi connectivity index (χ2n) is 5.08. The van der Waals surface area contributed by atoms with Crippen LogP contribution in [0.15, 0.2) is 46.9 Å². The summed E-state index contributed by atoms with van der Waals surface area (Å²) in [5, 5.41) is 10.0. The molecule has 0 saturated heterocycles. The molecule has 2 rings (SSSR count). The SMILES string of the molecule is CCOC(=O)C(O)c1cc(C)c(OCc2ccccc2)c(Br)c1. The molecule has 2 aromatic carbocycles. The van der Waals surface area contributed by atoms with E-state index in [0.29, 0.717) is 22.4 Å². The van der Waals surface area contributed by atoms with Crippen molar-refractivity contribution >= 4 is 21.9 Å². The highest BCUT2D eigenvalue weighted by molar-refractivity contribution is 9.10. The Morgan fingerprint density at radius 2 is 1.96 bits per heavy atom. The molecule has 0 saturated carbocycles. The van der Waals surface area contributed by atoms with E-state index in [9.17, 15) is 9.90 Å². The molecular weight excluding hydrogens is 360 g/mol. The lowest BCUT2D eigenvalue weighted by Gasteiger charge is -2.15. The van der Waals surface area contributed by atoms with Gasteiger partial charge in [-0.3, -0.25) is 0 Å². The highest BCUT2D eigenvalue weighted by Crippen LogP contribution is 2.33. The molecule has 0 aliphatic heterocycles. The van der Waals surface area contributed by atoms with E-state index in [4.69, 9.17) is 9.47 Å². The third kappa shape index (κ3) is 4.56. The Hall–Kier alpha value is -1.85. The van der Waals surface area contributed by atoms with Gasteiger partial charge < -0.3 is 14.6 Å². The number of carbonyl (C=O) groups is 1. The zero-order valence-electron chi connectivity index (χ0n) is 13.1. The summed E-state index contributed by atoms with van der Waals surface area (Å²) in [6, 6.07) is 13.3. The average molecular weight is 379 g/mol. The van der Waals surface area contributed by atoms with Crippen molar-refractivity contribution in [3.63, 3.8) is 0 Å². The minimum atomic E-state index is -1.30. The van der Waals surface area contributed by atoms with Crippen molar-refractivity contribution in [3.8, 4) is 5.75 Å². The normalized spacial score (nSPS) is 11.8. The molecule has 122 valence electrons. The molecule has 0 bridgehead atoms. The molecule has 23 heavy (non-hydrogen) atoms. The number of benzene rings is 2. The molecule has 0 aromatic heterocycles. The number of aliphatic hydroxyl groups is 1. The summed E-state index contributed by atoms with van der Waals surface area (Å²) in [5.41, 5.74) is 2.36. The first-order valence-corrected chi connectivity index (χ1v) is 8.13. The van der Waals surface area contributed by atoms with E-state index >= 15 is 0 Å². The predicted molar refractivity (Wildman–Crippen MR) is 91.2 cm³/mol. The van der Waals surface area contributed by atoms with Gasteiger partial charge in [0.25, 0.3) is 0 Å². The van der Waals surface area contributed by atoms with Gasteiger partial charge in [-0.25, -0.2) is 4.79 Å². The molecule has 0 aliphatic rings. The summed E-state index contributed by atoms with van der Waals surface area (Å²) in [4.78, 5) is 11.6. The quantitative estimate of drug-likeness (QED) is 0.773. The standard InChI is InChI=1S/C18H19BrO4/c1-3-22-18(21)16(20)14-9-12(2)17(15(19)10-14)23-11-13-7-5-4-6-8-13/h4-10,16,20H,3,11H2,1-2H3. The summed E-state index contributed by atoms with van der Waals surface area (Å²) in [6.45, 7) is 4.24. The number of aliphatic hydroxyl groups excluding tert-OH is 1. The van der Waals surface area contributed by atoms with Crippen LogP contribution in [-0.2, 0) is 16.1 Å². The first-order valence-electron chi connectivity index (χ1n) is 7.34. The zero-order chi connectivity index (χ0) is 16.8. The number of ether oxygens (including phenoxy) is 2. The summed E-state index contributed by atoms with van der Waals surface area (Å²) in [7, 11) is 0. The molecular formula is C18H19BrO4. The van der Waals surface area contributed by atoms with Gasteiger partial charge in [-0.05, 0) is 58.6 Å². The summed E-state index contributed by atoms with van der Waals surface area (Å²) >= 11 is 3.44. The Morgan fingerprint density at radius 3 is 2.57 bits per heavy atom. The van der Waals surface area contributed by atoms with E-state index in [1.807, 2.05) is 37.3 Å². The Balaban J connectivity index is 2.15. The predicted octanol–water partition coefficient (Wildman–Crippen LogP) is 3.93. The highest BCUT2D eigenvalue weighted by atomic mass is 79.9. The van der Waals surface area contributed by atoms with Crippen molar-refractivity contribution in [2.24, 2.45) is 0 Å². The fraction of sp³-hybridized carbons (Fsp3) is 0.278. The van der Waals surface area contributed by atoms with Gasteiger partial charge in [0.1, 0.15) is 12.4 Å². The monoisotopic (exact) mass is 378 g/mol. The van der Waals surface area contributed by atoms with Crippen LogP contribution in [0.4, 0.5) is 0 Å². The third-order valence-electron chi connectivity index (χ3n) is 3.30. The summed E-state index contributed by atoms with van der Waals surface area (Å²) in [5.74, 6) is 0.0328. The highest BCUT2D eigenvalue weighted by Gasteiger charge is 2.21. The molecule has 0 radical (unpaired) electrons. The Bertz CT molecular complexity index is 647. The fourth-order valence-corrected chi connectivity index (χ4v) is 2.88. The van der Waals surface area contributed by atoms with Gasteiger partial charge in [-0.2, -0.15) is 0 Å².